The molecule has 2 rings (SSSR count). The fourth-order valence-corrected chi connectivity index (χ4v) is 4.51. The van der Waals surface area contributed by atoms with Gasteiger partial charge in [-0.1, -0.05) is 6.42 Å². The lowest BCUT2D eigenvalue weighted by molar-refractivity contribution is -0.116. The van der Waals surface area contributed by atoms with Crippen LogP contribution in [0.2, 0.25) is 0 Å². The second kappa shape index (κ2) is 7.38. The van der Waals surface area contributed by atoms with E-state index in [2.05, 4.69) is 4.98 Å². The van der Waals surface area contributed by atoms with Crippen molar-refractivity contribution in [2.75, 3.05) is 18.8 Å². The average Bonchev–Trinajstić information content (AvgIpc) is 2.48. The average molecular weight is 328 g/mol. The van der Waals surface area contributed by atoms with Crippen molar-refractivity contribution >= 4 is 27.6 Å². The number of rotatable bonds is 6. The highest BCUT2D eigenvalue weighted by molar-refractivity contribution is 7.99. The first-order valence-corrected chi connectivity index (χ1v) is 9.51. The van der Waals surface area contributed by atoms with Gasteiger partial charge in [0.05, 0.1) is 5.03 Å². The van der Waals surface area contributed by atoms with E-state index >= 15 is 0 Å². The molecule has 0 saturated carbocycles. The van der Waals surface area contributed by atoms with Gasteiger partial charge in [0.25, 0.3) is 0 Å². The molecule has 2 heterocycles. The Kier molecular flexibility index (Phi) is 5.78. The van der Waals surface area contributed by atoms with Crippen LogP contribution < -0.4 is 0 Å². The van der Waals surface area contributed by atoms with Gasteiger partial charge in [-0.15, -0.1) is 11.8 Å². The van der Waals surface area contributed by atoms with Gasteiger partial charge >= 0.3 is 0 Å². The van der Waals surface area contributed by atoms with Crippen molar-refractivity contribution in [3.05, 3.63) is 18.3 Å². The number of ketones is 1. The van der Waals surface area contributed by atoms with Crippen LogP contribution in [0.5, 0.6) is 0 Å². The van der Waals surface area contributed by atoms with E-state index in [0.29, 0.717) is 25.3 Å². The molecular weight excluding hydrogens is 308 g/mol. The maximum Gasteiger partial charge on any atom is 0.244 e. The highest BCUT2D eigenvalue weighted by atomic mass is 32.2. The fourth-order valence-electron chi connectivity index (χ4n) is 2.16. The van der Waals surface area contributed by atoms with Crippen molar-refractivity contribution in [2.24, 2.45) is 0 Å². The Labute approximate surface area is 130 Å². The Morgan fingerprint density at radius 2 is 2.00 bits per heavy atom. The number of hydrogen-bond acceptors (Lipinski definition) is 5. The summed E-state index contributed by atoms with van der Waals surface area (Å²) in [5.74, 6) is 0.812. The molecule has 0 aromatic carbocycles. The quantitative estimate of drug-likeness (QED) is 0.750. The molecule has 21 heavy (non-hydrogen) atoms. The Hall–Kier alpha value is -0.920. The summed E-state index contributed by atoms with van der Waals surface area (Å²) in [6.07, 6.45) is 4.85. The number of hydrogen-bond donors (Lipinski definition) is 0. The molecule has 0 N–H and O–H groups in total. The summed E-state index contributed by atoms with van der Waals surface area (Å²) >= 11 is 1.46. The van der Waals surface area contributed by atoms with Crippen LogP contribution in [0.3, 0.4) is 0 Å². The number of carbonyl (C=O) groups is 1. The first-order valence-electron chi connectivity index (χ1n) is 7.08. The summed E-state index contributed by atoms with van der Waals surface area (Å²) in [4.78, 5) is 15.3. The number of Topliss-reactive ketones (excluding diaryl/α,β-unsaturated/α-hetero) is 1. The largest absolute Gasteiger partial charge is 0.300 e. The van der Waals surface area contributed by atoms with Crippen molar-refractivity contribution in [3.63, 3.8) is 0 Å². The maximum absolute atomic E-state index is 12.4. The number of sulfonamides is 1. The van der Waals surface area contributed by atoms with Crippen molar-refractivity contribution < 1.29 is 13.2 Å². The highest BCUT2D eigenvalue weighted by Gasteiger charge is 2.26. The van der Waals surface area contributed by atoms with Gasteiger partial charge in [-0.3, -0.25) is 4.79 Å². The number of nitrogens with zero attached hydrogens (tertiary/aromatic N) is 2. The molecule has 0 atom stereocenters. The van der Waals surface area contributed by atoms with Crippen molar-refractivity contribution in [3.8, 4) is 0 Å². The van der Waals surface area contributed by atoms with Crippen LogP contribution in [-0.2, 0) is 14.8 Å². The van der Waals surface area contributed by atoms with E-state index in [-0.39, 0.29) is 10.7 Å². The fraction of sp³-hybridized carbons (Fsp3) is 0.571. The van der Waals surface area contributed by atoms with Crippen LogP contribution in [0, 0.1) is 0 Å². The monoisotopic (exact) mass is 328 g/mol. The third kappa shape index (κ3) is 4.52. The van der Waals surface area contributed by atoms with Gasteiger partial charge in [-0.25, -0.2) is 13.4 Å². The molecule has 0 aliphatic carbocycles. The van der Waals surface area contributed by atoms with E-state index in [1.54, 1.807) is 19.1 Å². The van der Waals surface area contributed by atoms with E-state index < -0.39 is 10.0 Å². The van der Waals surface area contributed by atoms with Crippen LogP contribution in [0.25, 0.3) is 0 Å². The minimum atomic E-state index is -3.41. The Balaban J connectivity index is 2.02. The maximum atomic E-state index is 12.4. The molecule has 5 nitrogen and oxygen atoms in total. The van der Waals surface area contributed by atoms with E-state index in [1.807, 2.05) is 0 Å². The topological polar surface area (TPSA) is 67.3 Å². The first kappa shape index (κ1) is 16.5. The lowest BCUT2D eigenvalue weighted by atomic mass is 10.2. The Bertz CT molecular complexity index is 579. The van der Waals surface area contributed by atoms with Gasteiger partial charge in [0.15, 0.2) is 0 Å². The summed E-state index contributed by atoms with van der Waals surface area (Å²) in [5.41, 5.74) is 0. The third-order valence-corrected chi connectivity index (χ3v) is 6.19. The number of aromatic nitrogens is 1. The summed E-state index contributed by atoms with van der Waals surface area (Å²) in [5, 5.41) is 0.744. The lowest BCUT2D eigenvalue weighted by Gasteiger charge is -2.25. The molecule has 7 heteroatoms. The van der Waals surface area contributed by atoms with Gasteiger partial charge < -0.3 is 0 Å². The lowest BCUT2D eigenvalue weighted by Crippen LogP contribution is -2.35. The van der Waals surface area contributed by atoms with Crippen LogP contribution >= 0.6 is 11.8 Å². The zero-order valence-corrected chi connectivity index (χ0v) is 13.8. The van der Waals surface area contributed by atoms with E-state index in [9.17, 15) is 13.2 Å². The highest BCUT2D eigenvalue weighted by Crippen LogP contribution is 2.22. The van der Waals surface area contributed by atoms with Gasteiger partial charge in [-0.05, 0) is 31.9 Å². The second-order valence-corrected chi connectivity index (χ2v) is 8.15. The number of thioether (sulfide) groups is 1. The number of piperidine rings is 1. The molecule has 0 spiro atoms. The molecule has 0 radical (unpaired) electrons. The molecule has 1 saturated heterocycles. The smallest absolute Gasteiger partial charge is 0.244 e. The summed E-state index contributed by atoms with van der Waals surface area (Å²) in [6.45, 7) is 2.75. The summed E-state index contributed by atoms with van der Waals surface area (Å²) in [7, 11) is -3.41. The van der Waals surface area contributed by atoms with Gasteiger partial charge in [0, 0.05) is 31.5 Å². The zero-order valence-electron chi connectivity index (χ0n) is 12.1. The van der Waals surface area contributed by atoms with E-state index in [4.69, 9.17) is 0 Å². The molecule has 116 valence electrons. The SMILES string of the molecule is CC(=O)CCSc1ccc(S(=O)(=O)N2CCCCC2)cn1. The van der Waals surface area contributed by atoms with Gasteiger partial charge in [0.1, 0.15) is 10.7 Å². The van der Waals surface area contributed by atoms with Crippen molar-refractivity contribution in [1.82, 2.24) is 9.29 Å². The molecule has 1 aromatic heterocycles. The van der Waals surface area contributed by atoms with Crippen LogP contribution in [0.15, 0.2) is 28.3 Å². The van der Waals surface area contributed by atoms with Crippen molar-refractivity contribution in [2.45, 2.75) is 42.5 Å². The Morgan fingerprint density at radius 3 is 2.57 bits per heavy atom. The molecule has 1 aromatic rings. The van der Waals surface area contributed by atoms with Crippen LogP contribution in [-0.4, -0.2) is 42.3 Å². The van der Waals surface area contributed by atoms with Gasteiger partial charge in [0.2, 0.25) is 10.0 Å². The number of pyridine rings is 1. The normalized spacial score (nSPS) is 16.8. The van der Waals surface area contributed by atoms with Crippen LogP contribution in [0.1, 0.15) is 32.6 Å². The zero-order chi connectivity index (χ0) is 15.3. The van der Waals surface area contributed by atoms with Gasteiger partial charge in [-0.2, -0.15) is 4.31 Å². The predicted octanol–water partition coefficient (Wildman–Crippen LogP) is 2.33. The van der Waals surface area contributed by atoms with E-state index in [0.717, 1.165) is 24.3 Å². The molecule has 0 unspecified atom stereocenters. The third-order valence-electron chi connectivity index (χ3n) is 3.37. The minimum absolute atomic E-state index is 0.145. The summed E-state index contributed by atoms with van der Waals surface area (Å²) < 4.78 is 26.4. The van der Waals surface area contributed by atoms with Crippen molar-refractivity contribution in [1.29, 1.82) is 0 Å². The molecule has 1 aliphatic rings. The second-order valence-electron chi connectivity index (χ2n) is 5.10. The number of carbonyl (C=O) groups excluding carboxylic acids is 1. The first-order chi connectivity index (χ1) is 10.00. The minimum Gasteiger partial charge on any atom is -0.300 e. The predicted molar refractivity (Wildman–Crippen MR) is 82.9 cm³/mol. The van der Waals surface area contributed by atoms with E-state index in [1.165, 1.54) is 22.3 Å². The molecule has 0 amide bonds. The molecule has 1 aliphatic heterocycles. The molecule has 0 bridgehead atoms. The van der Waals surface area contributed by atoms with Crippen LogP contribution in [0.4, 0.5) is 0 Å². The summed E-state index contributed by atoms with van der Waals surface area (Å²) in [6, 6.07) is 3.31. The molecular formula is C14H20N2O3S2. The Morgan fingerprint density at radius 1 is 1.29 bits per heavy atom. The molecule has 1 fully saturated rings. The standard InChI is InChI=1S/C14H20N2O3S2/c1-12(17)7-10-20-14-6-5-13(11-15-14)21(18,19)16-8-3-2-4-9-16/h5-6,11H,2-4,7-10H2,1H3.